The van der Waals surface area contributed by atoms with Gasteiger partial charge in [-0.3, -0.25) is 0 Å². The Balaban J connectivity index is 1.76. The topological polar surface area (TPSA) is 37.4 Å². The predicted molar refractivity (Wildman–Crippen MR) is 85.2 cm³/mol. The van der Waals surface area contributed by atoms with Gasteiger partial charge in [0, 0.05) is 37.6 Å². The van der Waals surface area contributed by atoms with Crippen molar-refractivity contribution in [1.29, 1.82) is 0 Å². The first-order chi connectivity index (χ1) is 10.3. The fraction of sp³-hybridized carbons (Fsp3) is 0.353. The number of pyridine rings is 1. The maximum absolute atomic E-state index is 5.28. The van der Waals surface area contributed by atoms with E-state index in [-0.39, 0.29) is 0 Å². The van der Waals surface area contributed by atoms with E-state index in [9.17, 15) is 0 Å². The Morgan fingerprint density at radius 3 is 2.90 bits per heavy atom. The fourth-order valence-electron chi connectivity index (χ4n) is 2.25. The molecule has 0 aliphatic heterocycles. The highest BCUT2D eigenvalue weighted by Crippen LogP contribution is 2.26. The second kappa shape index (κ2) is 6.14. The van der Waals surface area contributed by atoms with Crippen LogP contribution in [0.15, 0.2) is 42.6 Å². The van der Waals surface area contributed by atoms with E-state index in [1.165, 1.54) is 18.4 Å². The molecule has 1 aliphatic carbocycles. The van der Waals surface area contributed by atoms with Crippen molar-refractivity contribution in [3.63, 3.8) is 0 Å². The Kier molecular flexibility index (Phi) is 4.06. The van der Waals surface area contributed by atoms with E-state index in [0.717, 1.165) is 29.8 Å². The first-order valence-electron chi connectivity index (χ1n) is 7.32. The summed E-state index contributed by atoms with van der Waals surface area (Å²) in [6.45, 7) is 0.909. The van der Waals surface area contributed by atoms with Crippen LogP contribution in [-0.2, 0) is 6.54 Å². The molecule has 2 aromatic rings. The highest BCUT2D eigenvalue weighted by molar-refractivity contribution is 5.61. The van der Waals surface area contributed by atoms with Crippen molar-refractivity contribution in [1.82, 2.24) is 10.3 Å². The highest BCUT2D eigenvalue weighted by Gasteiger charge is 2.20. The molecule has 1 aliphatic rings. The van der Waals surface area contributed by atoms with Crippen molar-refractivity contribution < 1.29 is 4.74 Å². The third-order valence-electron chi connectivity index (χ3n) is 3.77. The second-order valence-corrected chi connectivity index (χ2v) is 5.44. The van der Waals surface area contributed by atoms with Crippen LogP contribution in [0.4, 0.5) is 11.5 Å². The zero-order chi connectivity index (χ0) is 14.7. The van der Waals surface area contributed by atoms with Crippen molar-refractivity contribution in [3.8, 4) is 5.75 Å². The number of nitrogens with one attached hydrogen (secondary N) is 1. The average molecular weight is 283 g/mol. The molecule has 0 bridgehead atoms. The number of hydrogen-bond donors (Lipinski definition) is 1. The number of benzene rings is 1. The molecule has 0 atom stereocenters. The standard InChI is InChI=1S/C17H21N3O/c1-20(15-4-3-5-16(11-15)21-2)17-10-13(8-9-18-17)12-19-14-6-7-14/h3-5,8-11,14,19H,6-7,12H2,1-2H3. The molecule has 0 unspecified atom stereocenters. The summed E-state index contributed by atoms with van der Waals surface area (Å²) in [6.07, 6.45) is 4.49. The summed E-state index contributed by atoms with van der Waals surface area (Å²) in [4.78, 5) is 6.54. The Labute approximate surface area is 125 Å². The molecular formula is C17H21N3O. The van der Waals surface area contributed by atoms with E-state index in [1.54, 1.807) is 7.11 Å². The molecule has 1 heterocycles. The first kappa shape index (κ1) is 13.9. The summed E-state index contributed by atoms with van der Waals surface area (Å²) in [7, 11) is 3.71. The van der Waals surface area contributed by atoms with Gasteiger partial charge in [0.15, 0.2) is 0 Å². The van der Waals surface area contributed by atoms with Gasteiger partial charge in [-0.1, -0.05) is 6.07 Å². The van der Waals surface area contributed by atoms with Gasteiger partial charge in [-0.15, -0.1) is 0 Å². The number of hydrogen-bond acceptors (Lipinski definition) is 4. The van der Waals surface area contributed by atoms with Crippen LogP contribution in [0.1, 0.15) is 18.4 Å². The van der Waals surface area contributed by atoms with Gasteiger partial charge in [-0.2, -0.15) is 0 Å². The molecule has 110 valence electrons. The summed E-state index contributed by atoms with van der Waals surface area (Å²) in [6, 6.07) is 12.9. The lowest BCUT2D eigenvalue weighted by Crippen LogP contribution is -2.16. The van der Waals surface area contributed by atoms with Crippen LogP contribution in [0.25, 0.3) is 0 Å². The Morgan fingerprint density at radius 2 is 2.14 bits per heavy atom. The molecule has 4 nitrogen and oxygen atoms in total. The summed E-state index contributed by atoms with van der Waals surface area (Å²) >= 11 is 0. The van der Waals surface area contributed by atoms with E-state index in [2.05, 4.69) is 33.4 Å². The second-order valence-electron chi connectivity index (χ2n) is 5.44. The molecular weight excluding hydrogens is 262 g/mol. The maximum atomic E-state index is 5.28. The number of aromatic nitrogens is 1. The molecule has 1 aromatic heterocycles. The molecule has 1 saturated carbocycles. The third kappa shape index (κ3) is 3.52. The maximum Gasteiger partial charge on any atom is 0.132 e. The van der Waals surface area contributed by atoms with E-state index >= 15 is 0 Å². The van der Waals surface area contributed by atoms with Crippen LogP contribution in [-0.4, -0.2) is 25.2 Å². The number of nitrogens with zero attached hydrogens (tertiary/aromatic N) is 2. The van der Waals surface area contributed by atoms with E-state index in [1.807, 2.05) is 31.4 Å². The molecule has 21 heavy (non-hydrogen) atoms. The molecule has 3 rings (SSSR count). The van der Waals surface area contributed by atoms with Gasteiger partial charge in [0.25, 0.3) is 0 Å². The van der Waals surface area contributed by atoms with Crippen molar-refractivity contribution in [2.24, 2.45) is 0 Å². The van der Waals surface area contributed by atoms with Crippen molar-refractivity contribution >= 4 is 11.5 Å². The first-order valence-corrected chi connectivity index (χ1v) is 7.32. The van der Waals surface area contributed by atoms with Crippen molar-refractivity contribution in [2.75, 3.05) is 19.1 Å². The third-order valence-corrected chi connectivity index (χ3v) is 3.77. The van der Waals surface area contributed by atoms with Crippen LogP contribution >= 0.6 is 0 Å². The van der Waals surface area contributed by atoms with Crippen molar-refractivity contribution in [2.45, 2.75) is 25.4 Å². The molecule has 0 radical (unpaired) electrons. The zero-order valence-electron chi connectivity index (χ0n) is 12.5. The van der Waals surface area contributed by atoms with E-state index < -0.39 is 0 Å². The van der Waals surface area contributed by atoms with Crippen LogP contribution in [0.3, 0.4) is 0 Å². The van der Waals surface area contributed by atoms with Gasteiger partial charge in [-0.05, 0) is 42.7 Å². The summed E-state index contributed by atoms with van der Waals surface area (Å²) in [5.41, 5.74) is 2.33. The monoisotopic (exact) mass is 283 g/mol. The Hall–Kier alpha value is -2.07. The number of rotatable bonds is 6. The molecule has 1 aromatic carbocycles. The molecule has 0 saturated heterocycles. The van der Waals surface area contributed by atoms with Crippen LogP contribution in [0.2, 0.25) is 0 Å². The Bertz CT molecular complexity index is 610. The molecule has 1 fully saturated rings. The molecule has 0 amide bonds. The van der Waals surface area contributed by atoms with Crippen LogP contribution < -0.4 is 15.0 Å². The van der Waals surface area contributed by atoms with Gasteiger partial charge in [0.2, 0.25) is 0 Å². The lowest BCUT2D eigenvalue weighted by Gasteiger charge is -2.19. The van der Waals surface area contributed by atoms with E-state index in [0.29, 0.717) is 0 Å². The minimum absolute atomic E-state index is 0.720. The summed E-state index contributed by atoms with van der Waals surface area (Å²) in [5.74, 6) is 1.80. The summed E-state index contributed by atoms with van der Waals surface area (Å²) < 4.78 is 5.28. The minimum Gasteiger partial charge on any atom is -0.497 e. The normalized spacial score (nSPS) is 14.0. The summed E-state index contributed by atoms with van der Waals surface area (Å²) in [5, 5.41) is 3.53. The minimum atomic E-state index is 0.720. The van der Waals surface area contributed by atoms with Crippen molar-refractivity contribution in [3.05, 3.63) is 48.2 Å². The van der Waals surface area contributed by atoms with Crippen LogP contribution in [0.5, 0.6) is 5.75 Å². The molecule has 4 heteroatoms. The largest absolute Gasteiger partial charge is 0.497 e. The average Bonchev–Trinajstić information content (AvgIpc) is 3.37. The SMILES string of the molecule is COc1cccc(N(C)c2cc(CNC3CC3)ccn2)c1. The Morgan fingerprint density at radius 1 is 1.29 bits per heavy atom. The fourth-order valence-corrected chi connectivity index (χ4v) is 2.25. The van der Waals surface area contributed by atoms with Gasteiger partial charge in [0.05, 0.1) is 7.11 Å². The highest BCUT2D eigenvalue weighted by atomic mass is 16.5. The van der Waals surface area contributed by atoms with Gasteiger partial charge in [-0.25, -0.2) is 4.98 Å². The number of methoxy groups -OCH3 is 1. The van der Waals surface area contributed by atoms with Gasteiger partial charge in [0.1, 0.15) is 11.6 Å². The van der Waals surface area contributed by atoms with Gasteiger partial charge < -0.3 is 15.0 Å². The lowest BCUT2D eigenvalue weighted by atomic mass is 10.2. The zero-order valence-corrected chi connectivity index (χ0v) is 12.5. The quantitative estimate of drug-likeness (QED) is 0.884. The lowest BCUT2D eigenvalue weighted by molar-refractivity contribution is 0.415. The molecule has 0 spiro atoms. The number of ether oxygens (including phenoxy) is 1. The number of anilines is 2. The van der Waals surface area contributed by atoms with Gasteiger partial charge >= 0.3 is 0 Å². The smallest absolute Gasteiger partial charge is 0.132 e. The predicted octanol–water partition coefficient (Wildman–Crippen LogP) is 3.11. The van der Waals surface area contributed by atoms with Crippen LogP contribution in [0, 0.1) is 0 Å². The molecule has 1 N–H and O–H groups in total. The van der Waals surface area contributed by atoms with E-state index in [4.69, 9.17) is 4.74 Å².